The lowest BCUT2D eigenvalue weighted by Gasteiger charge is -2.16. The van der Waals surface area contributed by atoms with Crippen LogP contribution in [0.4, 0.5) is 10.7 Å². The van der Waals surface area contributed by atoms with E-state index in [4.69, 9.17) is 14.2 Å². The van der Waals surface area contributed by atoms with E-state index >= 15 is 0 Å². The summed E-state index contributed by atoms with van der Waals surface area (Å²) in [6.07, 6.45) is 0. The van der Waals surface area contributed by atoms with Crippen LogP contribution in [0.3, 0.4) is 0 Å². The summed E-state index contributed by atoms with van der Waals surface area (Å²) in [4.78, 5) is 30.9. The first-order chi connectivity index (χ1) is 13.2. The van der Waals surface area contributed by atoms with Gasteiger partial charge in [-0.2, -0.15) is 18.4 Å². The minimum atomic E-state index is -4.44. The van der Waals surface area contributed by atoms with Crippen LogP contribution in [0.15, 0.2) is 22.6 Å². The molecule has 0 unspecified atom stereocenters. The monoisotopic (exact) mass is 414 g/mol. The highest BCUT2D eigenvalue weighted by atomic mass is 32.2. The third-order valence-corrected chi connectivity index (χ3v) is 4.62. The highest BCUT2D eigenvalue weighted by molar-refractivity contribution is 7.93. The Labute approximate surface area is 160 Å². The molecule has 0 bridgehead atoms. The number of rotatable bonds is 7. The molecule has 1 aliphatic heterocycles. The molecule has 1 aliphatic rings. The maximum atomic E-state index is 12.6. The van der Waals surface area contributed by atoms with E-state index in [1.807, 2.05) is 0 Å². The number of methoxy groups -OCH3 is 2. The maximum Gasteiger partial charge on any atom is 0.335 e. The number of nitrogens with one attached hydrogen (secondary N) is 3. The van der Waals surface area contributed by atoms with Gasteiger partial charge in [0.2, 0.25) is 22.7 Å². The largest absolute Gasteiger partial charge is 0.488 e. The molecule has 0 aromatic carbocycles. The number of carbonyl (C=O) groups is 1. The molecular weight excluding hydrogens is 396 g/mol. The molecule has 13 nitrogen and oxygen atoms in total. The van der Waals surface area contributed by atoms with E-state index in [2.05, 4.69) is 20.7 Å². The van der Waals surface area contributed by atoms with Crippen molar-refractivity contribution < 1.29 is 32.2 Å². The molecule has 14 heteroatoms. The summed E-state index contributed by atoms with van der Waals surface area (Å²) in [6, 6.07) is 0.210. The highest BCUT2D eigenvalue weighted by Crippen LogP contribution is 2.25. The summed E-state index contributed by atoms with van der Waals surface area (Å²) in [5, 5.41) is 2.70. The number of urea groups is 1. The highest BCUT2D eigenvalue weighted by Gasteiger charge is 2.37. The van der Waals surface area contributed by atoms with Gasteiger partial charge in [-0.15, -0.1) is 0 Å². The van der Waals surface area contributed by atoms with Gasteiger partial charge in [0.25, 0.3) is 10.0 Å². The Morgan fingerprint density at radius 3 is 2.39 bits per heavy atom. The number of ether oxygens (including phenoxy) is 3. The lowest BCUT2D eigenvalue weighted by molar-refractivity contribution is 0.237. The molecule has 3 N–H and O–H groups in total. The predicted octanol–water partition coefficient (Wildman–Crippen LogP) is -0.684. The maximum absolute atomic E-state index is 12.6. The van der Waals surface area contributed by atoms with Crippen molar-refractivity contribution in [2.45, 2.75) is 6.92 Å². The van der Waals surface area contributed by atoms with Crippen molar-refractivity contribution in [1.29, 1.82) is 0 Å². The number of amides is 2. The van der Waals surface area contributed by atoms with E-state index in [9.17, 15) is 18.0 Å². The van der Waals surface area contributed by atoms with Crippen molar-refractivity contribution in [3.05, 3.63) is 22.6 Å². The van der Waals surface area contributed by atoms with Crippen molar-refractivity contribution in [3.63, 3.8) is 0 Å². The summed E-state index contributed by atoms with van der Waals surface area (Å²) in [5.74, 6) is 1.20. The first-order valence-corrected chi connectivity index (χ1v) is 9.17. The van der Waals surface area contributed by atoms with Crippen LogP contribution in [0.25, 0.3) is 0 Å². The molecule has 28 heavy (non-hydrogen) atoms. The summed E-state index contributed by atoms with van der Waals surface area (Å²) in [6.45, 7) is 1.68. The number of nitrogens with zero attached hydrogens (tertiary/aromatic N) is 3. The van der Waals surface area contributed by atoms with Gasteiger partial charge in [0, 0.05) is 7.05 Å². The van der Waals surface area contributed by atoms with E-state index in [1.165, 1.54) is 27.3 Å². The van der Waals surface area contributed by atoms with E-state index in [-0.39, 0.29) is 35.8 Å². The first-order valence-electron chi connectivity index (χ1n) is 7.69. The van der Waals surface area contributed by atoms with Crippen molar-refractivity contribution >= 4 is 27.9 Å². The quantitative estimate of drug-likeness (QED) is 0.485. The second-order valence-corrected chi connectivity index (χ2v) is 6.65. The van der Waals surface area contributed by atoms with Gasteiger partial charge >= 0.3 is 6.03 Å². The molecule has 2 rings (SSSR count). The van der Waals surface area contributed by atoms with Crippen LogP contribution < -0.4 is 24.9 Å². The Morgan fingerprint density at radius 2 is 1.89 bits per heavy atom. The Hall–Kier alpha value is -3.51. The normalized spacial score (nSPS) is 13.6. The zero-order valence-electron chi connectivity index (χ0n) is 15.4. The molecular formula is C14H18N6O7S. The van der Waals surface area contributed by atoms with Crippen molar-refractivity contribution in [3.8, 4) is 11.8 Å². The molecule has 2 heterocycles. The summed E-state index contributed by atoms with van der Waals surface area (Å²) in [5.41, 5.74) is 2.25. The fourth-order valence-corrected chi connectivity index (χ4v) is 3.35. The number of hydrogen-bond donors (Lipinski definition) is 3. The van der Waals surface area contributed by atoms with Gasteiger partial charge in [-0.1, -0.05) is 0 Å². The van der Waals surface area contributed by atoms with Crippen LogP contribution in [0.5, 0.6) is 11.8 Å². The summed E-state index contributed by atoms with van der Waals surface area (Å²) < 4.78 is 42.1. The Bertz CT molecular complexity index is 933. The van der Waals surface area contributed by atoms with E-state index in [0.29, 0.717) is 0 Å². The van der Waals surface area contributed by atoms with Gasteiger partial charge in [-0.05, 0) is 6.92 Å². The Balaban J connectivity index is 2.27. The zero-order chi connectivity index (χ0) is 20.9. The molecule has 0 spiro atoms. The van der Waals surface area contributed by atoms with Crippen LogP contribution >= 0.6 is 0 Å². The molecule has 0 radical (unpaired) electrons. The number of carbonyl (C=O) groups excluding carboxylic acids is 2. The fourth-order valence-electron chi connectivity index (χ4n) is 2.14. The molecule has 1 aromatic heterocycles. The summed E-state index contributed by atoms with van der Waals surface area (Å²) in [7, 11) is -0.419. The van der Waals surface area contributed by atoms with Gasteiger partial charge in [-0.3, -0.25) is 15.8 Å². The van der Waals surface area contributed by atoms with Gasteiger partial charge < -0.3 is 14.2 Å². The first kappa shape index (κ1) is 20.8. The topological polar surface area (TPSA) is 161 Å². The van der Waals surface area contributed by atoms with Gasteiger partial charge in [0.1, 0.15) is 0 Å². The van der Waals surface area contributed by atoms with Crippen LogP contribution in [0, 0.1) is 0 Å². The lowest BCUT2D eigenvalue weighted by Crippen LogP contribution is -2.40. The van der Waals surface area contributed by atoms with Gasteiger partial charge in [0.05, 0.1) is 26.9 Å². The second kappa shape index (κ2) is 8.45. The molecule has 0 atom stereocenters. The SMILES string of the molecule is CCOC1=C(S(=O)(=O)NC(=O)Nc2nc(OC)cc(OC)n2)N(C)NC1=C=O. The van der Waals surface area contributed by atoms with Crippen LogP contribution in [-0.4, -0.2) is 63.2 Å². The minimum Gasteiger partial charge on any atom is -0.488 e. The van der Waals surface area contributed by atoms with Gasteiger partial charge in [0.15, 0.2) is 17.4 Å². The molecule has 0 aliphatic carbocycles. The average Bonchev–Trinajstić information content (AvgIpc) is 2.97. The molecule has 0 saturated carbocycles. The average molecular weight is 414 g/mol. The van der Waals surface area contributed by atoms with E-state index < -0.39 is 21.1 Å². The third-order valence-electron chi connectivity index (χ3n) is 3.20. The van der Waals surface area contributed by atoms with Crippen molar-refractivity contribution in [2.75, 3.05) is 33.2 Å². The smallest absolute Gasteiger partial charge is 0.335 e. The number of sulfonamides is 1. The number of hydrogen-bond acceptors (Lipinski definition) is 11. The van der Waals surface area contributed by atoms with E-state index in [0.717, 1.165) is 5.01 Å². The van der Waals surface area contributed by atoms with E-state index in [1.54, 1.807) is 17.6 Å². The Kier molecular flexibility index (Phi) is 6.28. The molecule has 0 fully saturated rings. The van der Waals surface area contributed by atoms with Crippen molar-refractivity contribution in [2.24, 2.45) is 0 Å². The lowest BCUT2D eigenvalue weighted by atomic mass is 10.4. The molecule has 152 valence electrons. The number of anilines is 1. The van der Waals surface area contributed by atoms with Gasteiger partial charge in [-0.25, -0.2) is 14.3 Å². The number of hydrazine groups is 1. The third kappa shape index (κ3) is 4.42. The predicted molar refractivity (Wildman–Crippen MR) is 95.0 cm³/mol. The second-order valence-electron chi connectivity index (χ2n) is 5.05. The minimum absolute atomic E-state index is 0.0820. The fraction of sp³-hybridized carbons (Fsp3) is 0.357. The summed E-state index contributed by atoms with van der Waals surface area (Å²) >= 11 is 0. The Morgan fingerprint density at radius 1 is 1.29 bits per heavy atom. The number of aromatic nitrogens is 2. The standard InChI is InChI=1S/C14H18N6O7S/c1-5-27-11-8(7-21)18-20(2)12(11)28(23,24)19-14(22)17-13-15-9(25-3)6-10(16-13)26-4/h6,18H,5H2,1-4H3,(H2,15,16,17,19,22). The molecule has 0 saturated heterocycles. The molecule has 1 aromatic rings. The van der Waals surface area contributed by atoms with Crippen LogP contribution in [0.1, 0.15) is 6.92 Å². The van der Waals surface area contributed by atoms with Crippen LogP contribution in [0.2, 0.25) is 0 Å². The van der Waals surface area contributed by atoms with Crippen molar-refractivity contribution in [1.82, 2.24) is 25.1 Å². The zero-order valence-corrected chi connectivity index (χ0v) is 16.2. The van der Waals surface area contributed by atoms with Crippen LogP contribution in [-0.2, 0) is 19.6 Å². The molecule has 2 amide bonds.